The number of hydrogen-bond acceptors (Lipinski definition) is 2. The number of rotatable bonds is 2. The minimum absolute atomic E-state index is 0.0560. The van der Waals surface area contributed by atoms with Gasteiger partial charge in [-0.15, -0.1) is 0 Å². The Labute approximate surface area is 107 Å². The highest BCUT2D eigenvalue weighted by Crippen LogP contribution is 2.29. The van der Waals surface area contributed by atoms with Gasteiger partial charge in [-0.05, 0) is 24.4 Å². The second kappa shape index (κ2) is 5.51. The van der Waals surface area contributed by atoms with Crippen LogP contribution in [0.4, 0.5) is 0 Å². The summed E-state index contributed by atoms with van der Waals surface area (Å²) in [4.78, 5) is 0. The van der Waals surface area contributed by atoms with Gasteiger partial charge >= 0.3 is 0 Å². The number of thiocarbonyl (C=S) groups is 1. The van der Waals surface area contributed by atoms with Crippen molar-refractivity contribution in [3.05, 3.63) is 32.8 Å². The predicted octanol–water partition coefficient (Wildman–Crippen LogP) is 2.81. The lowest BCUT2D eigenvalue weighted by Gasteiger charge is -2.02. The largest absolute Gasteiger partial charge is 0.375 e. The molecule has 0 unspecified atom stereocenters. The van der Waals surface area contributed by atoms with Gasteiger partial charge in [0.25, 0.3) is 0 Å². The molecule has 1 aromatic rings. The second-order valence-corrected chi connectivity index (χ2v) is 4.12. The minimum atomic E-state index is 0.0560. The monoisotopic (exact) mass is 281 g/mol. The van der Waals surface area contributed by atoms with E-state index >= 15 is 0 Å². The minimum Gasteiger partial charge on any atom is -0.375 e. The van der Waals surface area contributed by atoms with Crippen molar-refractivity contribution in [2.24, 2.45) is 10.8 Å². The molecule has 3 N–H and O–H groups in total. The highest BCUT2D eigenvalue weighted by atomic mass is 35.5. The highest BCUT2D eigenvalue weighted by molar-refractivity contribution is 7.80. The Bertz CT molecular complexity index is 420. The number of nitrogens with two attached hydrogens (primary N) is 1. The molecule has 80 valence electrons. The number of hydrazone groups is 1. The summed E-state index contributed by atoms with van der Waals surface area (Å²) in [5.41, 5.74) is 8.07. The number of nitrogens with zero attached hydrogens (tertiary/aromatic N) is 1. The van der Waals surface area contributed by atoms with Crippen LogP contribution in [-0.2, 0) is 0 Å². The van der Waals surface area contributed by atoms with Crippen LogP contribution in [0.5, 0.6) is 0 Å². The normalized spacial score (nSPS) is 10.6. The molecule has 15 heavy (non-hydrogen) atoms. The van der Waals surface area contributed by atoms with E-state index in [2.05, 4.69) is 22.7 Å². The van der Waals surface area contributed by atoms with E-state index in [0.717, 1.165) is 0 Å². The zero-order chi connectivity index (χ0) is 11.4. The Morgan fingerprint density at radius 3 is 2.53 bits per heavy atom. The molecule has 1 aromatic carbocycles. The summed E-state index contributed by atoms with van der Waals surface area (Å²) in [6, 6.07) is 3.22. The first kappa shape index (κ1) is 12.5. The van der Waals surface area contributed by atoms with E-state index in [1.807, 2.05) is 0 Å². The summed E-state index contributed by atoms with van der Waals surface area (Å²) in [6.07, 6.45) is 1.40. The molecule has 0 heterocycles. The van der Waals surface area contributed by atoms with Crippen LogP contribution in [0.3, 0.4) is 0 Å². The van der Waals surface area contributed by atoms with Gasteiger partial charge in [0.1, 0.15) is 0 Å². The zero-order valence-corrected chi connectivity index (χ0v) is 10.4. The van der Waals surface area contributed by atoms with Crippen LogP contribution in [0, 0.1) is 0 Å². The Morgan fingerprint density at radius 2 is 1.93 bits per heavy atom. The first-order valence-electron chi connectivity index (χ1n) is 3.74. The van der Waals surface area contributed by atoms with E-state index in [0.29, 0.717) is 20.6 Å². The van der Waals surface area contributed by atoms with Gasteiger partial charge in [-0.1, -0.05) is 34.8 Å². The van der Waals surface area contributed by atoms with Gasteiger partial charge in [0.2, 0.25) is 0 Å². The number of benzene rings is 1. The molecular formula is C8H6Cl3N3S. The average Bonchev–Trinajstić information content (AvgIpc) is 2.17. The van der Waals surface area contributed by atoms with Crippen molar-refractivity contribution in [2.75, 3.05) is 0 Å². The summed E-state index contributed by atoms with van der Waals surface area (Å²) in [7, 11) is 0. The molecule has 0 saturated carbocycles. The second-order valence-electron chi connectivity index (χ2n) is 2.49. The molecule has 0 aromatic heterocycles. The lowest BCUT2D eigenvalue weighted by atomic mass is 10.2. The van der Waals surface area contributed by atoms with Gasteiger partial charge < -0.3 is 5.73 Å². The molecule has 0 aliphatic carbocycles. The van der Waals surface area contributed by atoms with Gasteiger partial charge in [-0.2, -0.15) is 5.10 Å². The van der Waals surface area contributed by atoms with Crippen molar-refractivity contribution in [3.8, 4) is 0 Å². The summed E-state index contributed by atoms with van der Waals surface area (Å²) in [6.45, 7) is 0. The number of nitrogens with one attached hydrogen (secondary N) is 1. The zero-order valence-electron chi connectivity index (χ0n) is 7.30. The van der Waals surface area contributed by atoms with E-state index in [1.54, 1.807) is 12.1 Å². The number of hydrogen-bond donors (Lipinski definition) is 2. The first-order chi connectivity index (χ1) is 7.02. The van der Waals surface area contributed by atoms with E-state index in [1.165, 1.54) is 6.21 Å². The smallest absolute Gasteiger partial charge is 0.184 e. The summed E-state index contributed by atoms with van der Waals surface area (Å²) in [5.74, 6) is 0. The lowest BCUT2D eigenvalue weighted by molar-refractivity contribution is 1.04. The van der Waals surface area contributed by atoms with Crippen LogP contribution in [-0.4, -0.2) is 11.3 Å². The van der Waals surface area contributed by atoms with E-state index in [-0.39, 0.29) is 5.11 Å². The molecule has 0 bridgehead atoms. The van der Waals surface area contributed by atoms with Crippen molar-refractivity contribution in [1.82, 2.24) is 5.43 Å². The molecular weight excluding hydrogens is 277 g/mol. The predicted molar refractivity (Wildman–Crippen MR) is 69.0 cm³/mol. The fourth-order valence-corrected chi connectivity index (χ4v) is 1.51. The molecule has 0 saturated heterocycles. The standard InChI is InChI=1S/C8H6Cl3N3S/c9-5-1-2-6(10)7(11)4(5)3-13-14-8(12)15/h1-3H,(H3,12,14,15)/b13-3-. The van der Waals surface area contributed by atoms with Crippen LogP contribution in [0.2, 0.25) is 15.1 Å². The Balaban J connectivity index is 2.98. The van der Waals surface area contributed by atoms with Gasteiger partial charge in [0, 0.05) is 5.56 Å². The highest BCUT2D eigenvalue weighted by Gasteiger charge is 2.06. The van der Waals surface area contributed by atoms with Crippen LogP contribution in [0.25, 0.3) is 0 Å². The van der Waals surface area contributed by atoms with Crippen molar-refractivity contribution in [1.29, 1.82) is 0 Å². The maximum absolute atomic E-state index is 5.91. The van der Waals surface area contributed by atoms with Gasteiger partial charge in [0.15, 0.2) is 5.11 Å². The first-order valence-corrected chi connectivity index (χ1v) is 5.28. The van der Waals surface area contributed by atoms with E-state index in [9.17, 15) is 0 Å². The van der Waals surface area contributed by atoms with Crippen molar-refractivity contribution in [3.63, 3.8) is 0 Å². The van der Waals surface area contributed by atoms with Crippen LogP contribution in [0.1, 0.15) is 5.56 Å². The molecule has 0 amide bonds. The van der Waals surface area contributed by atoms with Gasteiger partial charge in [0.05, 0.1) is 21.3 Å². The number of halogens is 3. The van der Waals surface area contributed by atoms with Crippen LogP contribution in [0.15, 0.2) is 17.2 Å². The third-order valence-electron chi connectivity index (χ3n) is 1.45. The molecule has 0 aliphatic rings. The maximum atomic E-state index is 5.91. The third-order valence-corrected chi connectivity index (χ3v) is 2.69. The maximum Gasteiger partial charge on any atom is 0.184 e. The Kier molecular flexibility index (Phi) is 4.60. The summed E-state index contributed by atoms with van der Waals surface area (Å²) >= 11 is 22.2. The molecule has 0 aliphatic heterocycles. The molecule has 1 rings (SSSR count). The fourth-order valence-electron chi connectivity index (χ4n) is 0.822. The lowest BCUT2D eigenvalue weighted by Crippen LogP contribution is -2.24. The molecule has 0 spiro atoms. The topological polar surface area (TPSA) is 50.4 Å². The summed E-state index contributed by atoms with van der Waals surface area (Å²) < 4.78 is 0. The third kappa shape index (κ3) is 3.50. The molecule has 0 radical (unpaired) electrons. The van der Waals surface area contributed by atoms with Gasteiger partial charge in [-0.25, -0.2) is 0 Å². The molecule has 7 heteroatoms. The van der Waals surface area contributed by atoms with Crippen molar-refractivity contribution < 1.29 is 0 Å². The molecule has 0 fully saturated rings. The quantitative estimate of drug-likeness (QED) is 0.379. The Hall–Kier alpha value is -0.550. The SMILES string of the molecule is NC(=S)N/N=C\c1c(Cl)ccc(Cl)c1Cl. The fraction of sp³-hybridized carbons (Fsp3) is 0. The van der Waals surface area contributed by atoms with Gasteiger partial charge in [-0.3, -0.25) is 5.43 Å². The van der Waals surface area contributed by atoms with Crippen LogP contribution < -0.4 is 11.2 Å². The van der Waals surface area contributed by atoms with Crippen molar-refractivity contribution in [2.45, 2.75) is 0 Å². The summed E-state index contributed by atoms with van der Waals surface area (Å²) in [5, 5.41) is 4.97. The van der Waals surface area contributed by atoms with E-state index in [4.69, 9.17) is 40.5 Å². The Morgan fingerprint density at radius 1 is 1.33 bits per heavy atom. The van der Waals surface area contributed by atoms with Crippen LogP contribution >= 0.6 is 47.0 Å². The van der Waals surface area contributed by atoms with E-state index < -0.39 is 0 Å². The molecule has 3 nitrogen and oxygen atoms in total. The average molecular weight is 283 g/mol. The molecule has 0 atom stereocenters. The van der Waals surface area contributed by atoms with Crippen molar-refractivity contribution >= 4 is 58.3 Å².